The minimum absolute atomic E-state index is 0.00581. The monoisotopic (exact) mass is 518 g/mol. The summed E-state index contributed by atoms with van der Waals surface area (Å²) in [7, 11) is 4.28. The Bertz CT molecular complexity index is 997. The van der Waals surface area contributed by atoms with Crippen LogP contribution in [0.25, 0.3) is 0 Å². The molecule has 0 aliphatic carbocycles. The number of amides is 1. The number of alkyl halides is 3. The van der Waals surface area contributed by atoms with Gasteiger partial charge in [-0.05, 0) is 62.3 Å². The van der Waals surface area contributed by atoms with Crippen molar-refractivity contribution in [2.45, 2.75) is 45.0 Å². The molecule has 1 amide bonds. The molecule has 5 nitrogen and oxygen atoms in total. The van der Waals surface area contributed by atoms with Gasteiger partial charge < -0.3 is 19.0 Å². The summed E-state index contributed by atoms with van der Waals surface area (Å²) in [6, 6.07) is 16.7. The van der Waals surface area contributed by atoms with Crippen LogP contribution in [0.3, 0.4) is 0 Å². The van der Waals surface area contributed by atoms with Crippen LogP contribution in [0.15, 0.2) is 54.6 Å². The maximum atomic E-state index is 13.1. The highest BCUT2D eigenvalue weighted by atomic mass is 19.4. The predicted octanol–water partition coefficient (Wildman–Crippen LogP) is 5.71. The minimum atomic E-state index is -4.69. The largest absolute Gasteiger partial charge is 0.573 e. The Kier molecular flexibility index (Phi) is 8.67. The molecule has 2 heterocycles. The van der Waals surface area contributed by atoms with E-state index in [0.29, 0.717) is 19.0 Å². The topological polar surface area (TPSA) is 32.8 Å². The Labute approximate surface area is 218 Å². The van der Waals surface area contributed by atoms with Gasteiger partial charge >= 0.3 is 6.36 Å². The van der Waals surface area contributed by atoms with E-state index in [1.54, 1.807) is 12.1 Å². The summed E-state index contributed by atoms with van der Waals surface area (Å²) in [5.74, 6) is 0.671. The Morgan fingerprint density at radius 2 is 1.62 bits per heavy atom. The zero-order chi connectivity index (χ0) is 26.5. The minimum Gasteiger partial charge on any atom is -0.406 e. The van der Waals surface area contributed by atoms with Crippen LogP contribution in [-0.2, 0) is 11.3 Å². The van der Waals surface area contributed by atoms with E-state index in [1.165, 1.54) is 43.6 Å². The molecule has 0 atom stereocenters. The first-order valence-corrected chi connectivity index (χ1v) is 13.3. The molecule has 0 bridgehead atoms. The number of piperidine rings is 2. The van der Waals surface area contributed by atoms with Gasteiger partial charge in [-0.15, -0.1) is 13.2 Å². The molecule has 0 radical (unpaired) electrons. The lowest BCUT2D eigenvalue weighted by Crippen LogP contribution is -2.49. The number of hydrogen-bond donors (Lipinski definition) is 0. The number of nitrogens with zero attached hydrogens (tertiary/aromatic N) is 3. The maximum Gasteiger partial charge on any atom is 0.573 e. The van der Waals surface area contributed by atoms with Crippen LogP contribution in [0.1, 0.15) is 37.7 Å². The molecule has 37 heavy (non-hydrogen) atoms. The zero-order valence-electron chi connectivity index (χ0n) is 21.9. The molecule has 2 aromatic rings. The number of hydrogen-bond acceptors (Lipinski definition) is 3. The third kappa shape index (κ3) is 7.87. The van der Waals surface area contributed by atoms with E-state index in [-0.39, 0.29) is 17.6 Å². The van der Waals surface area contributed by atoms with Crippen molar-refractivity contribution in [3.8, 4) is 5.75 Å². The lowest BCUT2D eigenvalue weighted by atomic mass is 9.91. The standard InChI is InChI=1S/C29H39F3N3O2/c1-33(17-12-23-15-20-35(2,21-16-23)22-24-6-4-3-5-7-24)28(36)25-13-18-34(19-14-25)26-8-10-27(11-9-26)37-29(30,31)32/h3-11,23,25H,12-22H2,1-2H3/q+1. The molecular formula is C29H39F3N3O2+. The van der Waals surface area contributed by atoms with Crippen LogP contribution in [0, 0.1) is 11.8 Å². The number of benzene rings is 2. The zero-order valence-corrected chi connectivity index (χ0v) is 21.9. The van der Waals surface area contributed by atoms with Gasteiger partial charge in [0.2, 0.25) is 5.91 Å². The number of anilines is 1. The normalized spacial score (nSPS) is 23.1. The molecule has 4 rings (SSSR count). The first-order chi connectivity index (χ1) is 17.6. The smallest absolute Gasteiger partial charge is 0.406 e. The highest BCUT2D eigenvalue weighted by Gasteiger charge is 2.33. The SMILES string of the molecule is CN(CCC1CC[N+](C)(Cc2ccccc2)CC1)C(=O)C1CCN(c2ccc(OC(F)(F)F)cc2)CC1. The molecule has 0 unspecified atom stereocenters. The molecule has 0 spiro atoms. The average molecular weight is 519 g/mol. The second kappa shape index (κ2) is 11.8. The number of halogens is 3. The van der Waals surface area contributed by atoms with Gasteiger partial charge in [0, 0.05) is 43.9 Å². The van der Waals surface area contributed by atoms with E-state index in [0.717, 1.165) is 42.5 Å². The van der Waals surface area contributed by atoms with Crippen molar-refractivity contribution in [2.24, 2.45) is 11.8 Å². The third-order valence-corrected chi connectivity index (χ3v) is 8.09. The van der Waals surface area contributed by atoms with E-state index in [2.05, 4.69) is 47.0 Å². The summed E-state index contributed by atoms with van der Waals surface area (Å²) in [5.41, 5.74) is 2.25. The highest BCUT2D eigenvalue weighted by Crippen LogP contribution is 2.30. The Balaban J connectivity index is 1.17. The second-order valence-corrected chi connectivity index (χ2v) is 11.0. The number of likely N-dealkylation sites (tertiary alicyclic amines) is 1. The van der Waals surface area contributed by atoms with Crippen LogP contribution >= 0.6 is 0 Å². The van der Waals surface area contributed by atoms with Crippen molar-refractivity contribution in [3.05, 3.63) is 60.2 Å². The van der Waals surface area contributed by atoms with Crippen LogP contribution in [0.5, 0.6) is 5.75 Å². The molecule has 2 aliphatic rings. The Hall–Kier alpha value is -2.74. The fraction of sp³-hybridized carbons (Fsp3) is 0.552. The molecule has 8 heteroatoms. The van der Waals surface area contributed by atoms with Crippen molar-refractivity contribution < 1.29 is 27.2 Å². The van der Waals surface area contributed by atoms with Crippen LogP contribution < -0.4 is 9.64 Å². The fourth-order valence-electron chi connectivity index (χ4n) is 5.76. The van der Waals surface area contributed by atoms with Crippen LogP contribution in [0.2, 0.25) is 0 Å². The van der Waals surface area contributed by atoms with Gasteiger partial charge in [-0.2, -0.15) is 0 Å². The van der Waals surface area contributed by atoms with Crippen molar-refractivity contribution in [3.63, 3.8) is 0 Å². The van der Waals surface area contributed by atoms with E-state index in [1.807, 2.05) is 11.9 Å². The molecule has 2 aliphatic heterocycles. The van der Waals surface area contributed by atoms with Gasteiger partial charge in [-0.1, -0.05) is 30.3 Å². The van der Waals surface area contributed by atoms with Gasteiger partial charge in [0.05, 0.1) is 20.1 Å². The van der Waals surface area contributed by atoms with Gasteiger partial charge in [0.25, 0.3) is 0 Å². The molecular weight excluding hydrogens is 479 g/mol. The summed E-state index contributed by atoms with van der Waals surface area (Å²) >= 11 is 0. The quantitative estimate of drug-likeness (QED) is 0.420. The molecule has 0 N–H and O–H groups in total. The van der Waals surface area contributed by atoms with Crippen molar-refractivity contribution in [1.29, 1.82) is 0 Å². The maximum absolute atomic E-state index is 13.1. The Morgan fingerprint density at radius 1 is 1.00 bits per heavy atom. The molecule has 0 saturated carbocycles. The summed E-state index contributed by atoms with van der Waals surface area (Å²) in [6.45, 7) is 5.66. The molecule has 2 fully saturated rings. The van der Waals surface area contributed by atoms with Gasteiger partial charge in [0.1, 0.15) is 12.3 Å². The fourth-order valence-corrected chi connectivity index (χ4v) is 5.76. The predicted molar refractivity (Wildman–Crippen MR) is 139 cm³/mol. The first-order valence-electron chi connectivity index (χ1n) is 13.3. The highest BCUT2D eigenvalue weighted by molar-refractivity contribution is 5.79. The number of ether oxygens (including phenoxy) is 1. The molecule has 202 valence electrons. The Morgan fingerprint density at radius 3 is 2.22 bits per heavy atom. The van der Waals surface area contributed by atoms with E-state index < -0.39 is 6.36 Å². The summed E-state index contributed by atoms with van der Waals surface area (Å²) in [4.78, 5) is 17.1. The van der Waals surface area contributed by atoms with Gasteiger partial charge in [-0.25, -0.2) is 0 Å². The van der Waals surface area contributed by atoms with Crippen molar-refractivity contribution in [1.82, 2.24) is 4.90 Å². The van der Waals surface area contributed by atoms with Crippen molar-refractivity contribution >= 4 is 11.6 Å². The number of rotatable bonds is 8. The van der Waals surface area contributed by atoms with Crippen molar-refractivity contribution in [2.75, 3.05) is 51.7 Å². The molecule has 0 aromatic heterocycles. The molecule has 2 saturated heterocycles. The number of carbonyl (C=O) groups is 1. The van der Waals surface area contributed by atoms with E-state index in [4.69, 9.17) is 0 Å². The molecule has 2 aromatic carbocycles. The van der Waals surface area contributed by atoms with Gasteiger partial charge in [0.15, 0.2) is 0 Å². The number of quaternary nitrogens is 1. The van der Waals surface area contributed by atoms with Crippen LogP contribution in [-0.4, -0.2) is 68.5 Å². The third-order valence-electron chi connectivity index (χ3n) is 8.09. The van der Waals surface area contributed by atoms with Crippen LogP contribution in [0.4, 0.5) is 18.9 Å². The second-order valence-electron chi connectivity index (χ2n) is 11.0. The summed E-state index contributed by atoms with van der Waals surface area (Å²) in [6.07, 6.45) is 0.280. The average Bonchev–Trinajstić information content (AvgIpc) is 2.88. The number of carbonyl (C=O) groups excluding carboxylic acids is 1. The van der Waals surface area contributed by atoms with E-state index >= 15 is 0 Å². The first kappa shape index (κ1) is 27.3. The summed E-state index contributed by atoms with van der Waals surface area (Å²) in [5, 5.41) is 0. The lowest BCUT2D eigenvalue weighted by Gasteiger charge is -2.41. The lowest BCUT2D eigenvalue weighted by molar-refractivity contribution is -0.928. The van der Waals surface area contributed by atoms with Gasteiger partial charge in [-0.3, -0.25) is 4.79 Å². The van der Waals surface area contributed by atoms with E-state index in [9.17, 15) is 18.0 Å². The summed E-state index contributed by atoms with van der Waals surface area (Å²) < 4.78 is 42.2.